The molecule has 0 aliphatic carbocycles. The van der Waals surface area contributed by atoms with Crippen LogP contribution >= 0.6 is 0 Å². The second-order valence-electron chi connectivity index (χ2n) is 9.52. The van der Waals surface area contributed by atoms with E-state index in [1.807, 2.05) is 48.7 Å². The van der Waals surface area contributed by atoms with Crippen LogP contribution in [0.1, 0.15) is 16.7 Å². The molecule has 0 radical (unpaired) electrons. The largest absolute Gasteiger partial charge is 0.378 e. The maximum absolute atomic E-state index is 9.09. The summed E-state index contributed by atoms with van der Waals surface area (Å²) in [6, 6.07) is 20.1. The van der Waals surface area contributed by atoms with Crippen molar-refractivity contribution in [3.05, 3.63) is 77.5 Å². The molecule has 0 atom stereocenters. The molecule has 1 N–H and O–H groups in total. The van der Waals surface area contributed by atoms with Crippen LogP contribution in [0.25, 0.3) is 10.9 Å². The van der Waals surface area contributed by atoms with Crippen molar-refractivity contribution in [3.8, 4) is 6.07 Å². The van der Waals surface area contributed by atoms with E-state index >= 15 is 0 Å². The lowest BCUT2D eigenvalue weighted by molar-refractivity contribution is 0.121. The fourth-order valence-electron chi connectivity index (χ4n) is 4.90. The maximum Gasteiger partial charge on any atom is 0.229 e. The van der Waals surface area contributed by atoms with E-state index in [4.69, 9.17) is 24.7 Å². The normalized spacial score (nSPS) is 16.1. The van der Waals surface area contributed by atoms with E-state index in [1.165, 1.54) is 0 Å². The van der Waals surface area contributed by atoms with Crippen LogP contribution < -0.4 is 15.2 Å². The number of ether oxygens (including phenoxy) is 2. The van der Waals surface area contributed by atoms with Crippen LogP contribution in [0, 0.1) is 11.3 Å². The number of nitriles is 1. The molecule has 10 heteroatoms. The molecule has 2 aliphatic heterocycles. The van der Waals surface area contributed by atoms with E-state index in [1.54, 1.807) is 0 Å². The van der Waals surface area contributed by atoms with Gasteiger partial charge in [0.15, 0.2) is 5.82 Å². The molecule has 39 heavy (non-hydrogen) atoms. The van der Waals surface area contributed by atoms with E-state index in [9.17, 15) is 0 Å². The molecule has 0 spiro atoms. The number of hydrogen-bond donors (Lipinski definition) is 1. The Balaban J connectivity index is 1.25. The number of hydrogen-bond acceptors (Lipinski definition) is 9. The van der Waals surface area contributed by atoms with Gasteiger partial charge in [0.1, 0.15) is 5.82 Å². The van der Waals surface area contributed by atoms with E-state index in [0.29, 0.717) is 50.3 Å². The summed E-state index contributed by atoms with van der Waals surface area (Å²) in [6.45, 7) is 6.50. The third-order valence-electron chi connectivity index (χ3n) is 6.97. The smallest absolute Gasteiger partial charge is 0.229 e. The molecule has 10 nitrogen and oxygen atoms in total. The topological polar surface area (TPSA) is 104 Å². The number of rotatable bonds is 7. The van der Waals surface area contributed by atoms with Gasteiger partial charge in [0.2, 0.25) is 5.95 Å². The number of anilines is 3. The molecule has 0 unspecified atom stereocenters. The monoisotopic (exact) mass is 522 g/mol. The summed E-state index contributed by atoms with van der Waals surface area (Å²) < 4.78 is 13.3. The van der Waals surface area contributed by atoms with Gasteiger partial charge in [-0.15, -0.1) is 0 Å². The third kappa shape index (κ3) is 5.70. The molecule has 2 fully saturated rings. The first-order valence-electron chi connectivity index (χ1n) is 13.2. The van der Waals surface area contributed by atoms with Crippen LogP contribution in [0.2, 0.25) is 0 Å². The highest BCUT2D eigenvalue weighted by Crippen LogP contribution is 2.24. The van der Waals surface area contributed by atoms with Crippen LogP contribution in [0.3, 0.4) is 0 Å². The van der Waals surface area contributed by atoms with Gasteiger partial charge in [-0.2, -0.15) is 20.3 Å². The fourth-order valence-corrected chi connectivity index (χ4v) is 4.90. The highest BCUT2D eigenvalue weighted by molar-refractivity contribution is 5.99. The molecule has 0 saturated carbocycles. The van der Waals surface area contributed by atoms with Crippen molar-refractivity contribution in [2.45, 2.75) is 6.54 Å². The molecular weight excluding hydrogens is 492 g/mol. The van der Waals surface area contributed by atoms with Crippen molar-refractivity contribution in [1.29, 1.82) is 5.26 Å². The second kappa shape index (κ2) is 11.5. The van der Waals surface area contributed by atoms with Crippen LogP contribution in [-0.4, -0.2) is 73.4 Å². The van der Waals surface area contributed by atoms with Crippen molar-refractivity contribution in [2.24, 2.45) is 5.10 Å². The third-order valence-corrected chi connectivity index (χ3v) is 6.97. The molecule has 6 rings (SSSR count). The lowest BCUT2D eigenvalue weighted by Gasteiger charge is -2.31. The van der Waals surface area contributed by atoms with Crippen LogP contribution in [0.5, 0.6) is 0 Å². The number of hydrazone groups is 1. The summed E-state index contributed by atoms with van der Waals surface area (Å²) in [6.07, 6.45) is 3.94. The molecule has 2 aromatic heterocycles. The highest BCUT2D eigenvalue weighted by atomic mass is 16.5. The van der Waals surface area contributed by atoms with Gasteiger partial charge in [0.25, 0.3) is 0 Å². The first-order valence-corrected chi connectivity index (χ1v) is 13.2. The summed E-state index contributed by atoms with van der Waals surface area (Å²) in [5, 5.41) is 14.8. The number of nitrogens with one attached hydrogen (secondary N) is 1. The highest BCUT2D eigenvalue weighted by Gasteiger charge is 2.19. The number of morpholine rings is 2. The molecule has 2 saturated heterocycles. The number of nitrogens with zero attached hydrogens (tertiary/aromatic N) is 7. The first-order chi connectivity index (χ1) is 19.3. The summed E-state index contributed by atoms with van der Waals surface area (Å²) in [5.41, 5.74) is 7.06. The van der Waals surface area contributed by atoms with Crippen LogP contribution in [0.4, 0.5) is 17.6 Å². The molecule has 4 aromatic rings. The number of fused-ring (bicyclic) bond motifs is 1. The molecule has 2 aliphatic rings. The van der Waals surface area contributed by atoms with Crippen molar-refractivity contribution < 1.29 is 9.47 Å². The quantitative estimate of drug-likeness (QED) is 0.291. The standard InChI is InChI=1S/C29H30N8O2/c30-18-22-5-7-23(8-6-22)20-37-21-24(25-3-1-2-4-26(25)37)19-31-34-27-17-28(35-9-13-38-14-10-35)33-29(32-27)36-11-15-39-16-12-36/h1-8,17,19,21H,9-16,20H2,(H,32,33,34)/b31-19+. The Labute approximate surface area is 227 Å². The van der Waals surface area contributed by atoms with E-state index in [0.717, 1.165) is 54.0 Å². The zero-order valence-corrected chi connectivity index (χ0v) is 21.7. The number of aromatic nitrogens is 3. The lowest BCUT2D eigenvalue weighted by atomic mass is 10.1. The minimum absolute atomic E-state index is 0.644. The van der Waals surface area contributed by atoms with Gasteiger partial charge in [-0.1, -0.05) is 30.3 Å². The minimum Gasteiger partial charge on any atom is -0.378 e. The van der Waals surface area contributed by atoms with Crippen molar-refractivity contribution >= 4 is 34.7 Å². The minimum atomic E-state index is 0.644. The summed E-state index contributed by atoms with van der Waals surface area (Å²) in [4.78, 5) is 14.0. The molecule has 198 valence electrons. The van der Waals surface area contributed by atoms with Gasteiger partial charge in [-0.25, -0.2) is 0 Å². The van der Waals surface area contributed by atoms with Gasteiger partial charge in [-0.3, -0.25) is 5.43 Å². The van der Waals surface area contributed by atoms with E-state index in [2.05, 4.69) is 49.3 Å². The van der Waals surface area contributed by atoms with Gasteiger partial charge in [-0.05, 0) is 23.8 Å². The Kier molecular flexibility index (Phi) is 7.34. The number of benzene rings is 2. The zero-order valence-electron chi connectivity index (χ0n) is 21.7. The fraction of sp³-hybridized carbons (Fsp3) is 0.310. The molecule has 0 bridgehead atoms. The van der Waals surface area contributed by atoms with Crippen molar-refractivity contribution in [2.75, 3.05) is 67.8 Å². The second-order valence-corrected chi connectivity index (χ2v) is 9.52. The Morgan fingerprint density at radius 3 is 2.38 bits per heavy atom. The SMILES string of the molecule is N#Cc1ccc(Cn2cc(/C=N/Nc3cc(N4CCOCC4)nc(N4CCOCC4)n3)c3ccccc32)cc1. The average molecular weight is 523 g/mol. The predicted octanol–water partition coefficient (Wildman–Crippen LogP) is 3.47. The van der Waals surface area contributed by atoms with Crippen LogP contribution in [0.15, 0.2) is 65.9 Å². The Morgan fingerprint density at radius 2 is 1.64 bits per heavy atom. The Morgan fingerprint density at radius 1 is 0.923 bits per heavy atom. The van der Waals surface area contributed by atoms with Crippen LogP contribution in [-0.2, 0) is 16.0 Å². The van der Waals surface area contributed by atoms with Gasteiger partial charge in [0, 0.05) is 61.5 Å². The van der Waals surface area contributed by atoms with E-state index in [-0.39, 0.29) is 0 Å². The Bertz CT molecular complexity index is 1460. The Hall–Kier alpha value is -4.46. The molecular formula is C29H30N8O2. The molecule has 4 heterocycles. The maximum atomic E-state index is 9.09. The summed E-state index contributed by atoms with van der Waals surface area (Å²) >= 11 is 0. The molecule has 0 amide bonds. The number of para-hydroxylation sites is 1. The van der Waals surface area contributed by atoms with Crippen molar-refractivity contribution in [1.82, 2.24) is 14.5 Å². The van der Waals surface area contributed by atoms with E-state index < -0.39 is 0 Å². The van der Waals surface area contributed by atoms with Crippen molar-refractivity contribution in [3.63, 3.8) is 0 Å². The average Bonchev–Trinajstić information content (AvgIpc) is 3.35. The van der Waals surface area contributed by atoms with Gasteiger partial charge >= 0.3 is 0 Å². The first kappa shape index (κ1) is 24.9. The predicted molar refractivity (Wildman–Crippen MR) is 152 cm³/mol. The van der Waals surface area contributed by atoms with Gasteiger partial charge in [0.05, 0.1) is 44.3 Å². The summed E-state index contributed by atoms with van der Waals surface area (Å²) in [7, 11) is 0. The van der Waals surface area contributed by atoms with Gasteiger partial charge < -0.3 is 23.8 Å². The lowest BCUT2D eigenvalue weighted by Crippen LogP contribution is -2.39. The zero-order chi connectivity index (χ0) is 26.4. The molecule has 2 aromatic carbocycles. The summed E-state index contributed by atoms with van der Waals surface area (Å²) in [5.74, 6) is 2.19.